The van der Waals surface area contributed by atoms with Gasteiger partial charge in [0.15, 0.2) is 0 Å². The zero-order valence-corrected chi connectivity index (χ0v) is 13.1. The van der Waals surface area contributed by atoms with Crippen molar-refractivity contribution in [1.29, 1.82) is 0 Å². The van der Waals surface area contributed by atoms with Crippen molar-refractivity contribution in [2.24, 2.45) is 0 Å². The first-order chi connectivity index (χ1) is 9.69. The Labute approximate surface area is 127 Å². The van der Waals surface area contributed by atoms with E-state index in [0.29, 0.717) is 11.6 Å². The highest BCUT2D eigenvalue weighted by Gasteiger charge is 2.28. The Kier molecular flexibility index (Phi) is 4.21. The van der Waals surface area contributed by atoms with Crippen LogP contribution < -0.4 is 16.0 Å². The van der Waals surface area contributed by atoms with E-state index in [4.69, 9.17) is 4.74 Å². The van der Waals surface area contributed by atoms with Crippen molar-refractivity contribution in [3.05, 3.63) is 16.0 Å². The maximum Gasteiger partial charge on any atom is 0.341 e. The molecule has 0 amide bonds. The number of anilines is 1. The van der Waals surface area contributed by atoms with E-state index in [2.05, 4.69) is 28.6 Å². The number of thiol groups is 1. The maximum atomic E-state index is 12.1. The molecule has 0 saturated heterocycles. The standard InChI is InChI=1S/C13H19N3O2S2/c1-18-12(17)10-8-4-5-14-6-9(8)20-11(10)16-13(19)15-7-2-3-7/h7,13-16,19H,2-6H2,1H3. The number of hydrogen-bond acceptors (Lipinski definition) is 7. The number of nitrogens with one attached hydrogen (secondary N) is 3. The van der Waals surface area contributed by atoms with Crippen molar-refractivity contribution >= 4 is 34.9 Å². The molecule has 0 bridgehead atoms. The summed E-state index contributed by atoms with van der Waals surface area (Å²) in [4.78, 5) is 13.3. The normalized spacial score (nSPS) is 19.3. The molecule has 7 heteroatoms. The number of thiophene rings is 1. The van der Waals surface area contributed by atoms with E-state index in [0.717, 1.165) is 30.1 Å². The molecule has 3 N–H and O–H groups in total. The largest absolute Gasteiger partial charge is 0.465 e. The number of fused-ring (bicyclic) bond motifs is 1. The summed E-state index contributed by atoms with van der Waals surface area (Å²) in [5, 5.41) is 10.8. The molecule has 1 atom stereocenters. The average molecular weight is 313 g/mol. The number of ether oxygens (including phenoxy) is 1. The summed E-state index contributed by atoms with van der Waals surface area (Å²) in [6.07, 6.45) is 3.27. The van der Waals surface area contributed by atoms with Crippen LogP contribution in [-0.4, -0.2) is 31.2 Å². The lowest BCUT2D eigenvalue weighted by atomic mass is 10.0. The van der Waals surface area contributed by atoms with Crippen LogP contribution in [0.3, 0.4) is 0 Å². The summed E-state index contributed by atoms with van der Waals surface area (Å²) in [7, 11) is 1.43. The van der Waals surface area contributed by atoms with Crippen LogP contribution in [-0.2, 0) is 17.7 Å². The highest BCUT2D eigenvalue weighted by molar-refractivity contribution is 7.81. The van der Waals surface area contributed by atoms with Gasteiger partial charge in [0.1, 0.15) is 10.5 Å². The van der Waals surface area contributed by atoms with E-state index in [1.807, 2.05) is 0 Å². The zero-order valence-electron chi connectivity index (χ0n) is 11.4. The van der Waals surface area contributed by atoms with Crippen molar-refractivity contribution in [2.75, 3.05) is 19.0 Å². The van der Waals surface area contributed by atoms with Gasteiger partial charge < -0.3 is 15.4 Å². The molecular formula is C13H19N3O2S2. The van der Waals surface area contributed by atoms with Gasteiger partial charge in [-0.05, 0) is 31.4 Å². The summed E-state index contributed by atoms with van der Waals surface area (Å²) in [5.41, 5.74) is 1.67. The zero-order chi connectivity index (χ0) is 14.1. The molecule has 2 heterocycles. The van der Waals surface area contributed by atoms with Gasteiger partial charge in [-0.25, -0.2) is 4.79 Å². The Hall–Kier alpha value is -0.760. The predicted octanol–water partition coefficient (Wildman–Crippen LogP) is 1.56. The van der Waals surface area contributed by atoms with Crippen LogP contribution in [0.4, 0.5) is 5.00 Å². The monoisotopic (exact) mass is 313 g/mol. The van der Waals surface area contributed by atoms with Crippen LogP contribution in [0.5, 0.6) is 0 Å². The average Bonchev–Trinajstić information content (AvgIpc) is 3.17. The minimum Gasteiger partial charge on any atom is -0.465 e. The molecule has 1 aliphatic heterocycles. The molecule has 5 nitrogen and oxygen atoms in total. The van der Waals surface area contributed by atoms with E-state index in [-0.39, 0.29) is 11.5 Å². The number of hydrogen-bond donors (Lipinski definition) is 4. The van der Waals surface area contributed by atoms with Crippen LogP contribution >= 0.6 is 24.0 Å². The second-order valence-corrected chi connectivity index (χ2v) is 6.74. The molecule has 0 aromatic carbocycles. The van der Waals surface area contributed by atoms with Gasteiger partial charge in [0, 0.05) is 17.5 Å². The molecule has 1 aliphatic carbocycles. The van der Waals surface area contributed by atoms with Gasteiger partial charge >= 0.3 is 5.97 Å². The molecule has 0 radical (unpaired) electrons. The third-order valence-corrected chi connectivity index (χ3v) is 5.00. The van der Waals surface area contributed by atoms with Gasteiger partial charge in [-0.15, -0.1) is 24.0 Å². The van der Waals surface area contributed by atoms with E-state index in [1.54, 1.807) is 11.3 Å². The molecule has 1 saturated carbocycles. The van der Waals surface area contributed by atoms with Crippen molar-refractivity contribution in [3.63, 3.8) is 0 Å². The summed E-state index contributed by atoms with van der Waals surface area (Å²) in [6.45, 7) is 1.72. The van der Waals surface area contributed by atoms with Crippen LogP contribution in [0.2, 0.25) is 0 Å². The fraction of sp³-hybridized carbons (Fsp3) is 0.615. The molecule has 3 rings (SSSR count). The fourth-order valence-electron chi connectivity index (χ4n) is 2.39. The Balaban J connectivity index is 1.83. The van der Waals surface area contributed by atoms with Crippen molar-refractivity contribution < 1.29 is 9.53 Å². The van der Waals surface area contributed by atoms with Crippen LogP contribution in [0.25, 0.3) is 0 Å². The predicted molar refractivity (Wildman–Crippen MR) is 83.6 cm³/mol. The van der Waals surface area contributed by atoms with E-state index in [1.165, 1.54) is 24.8 Å². The summed E-state index contributed by atoms with van der Waals surface area (Å²) < 4.78 is 4.94. The van der Waals surface area contributed by atoms with Crippen molar-refractivity contribution in [1.82, 2.24) is 10.6 Å². The number of carbonyl (C=O) groups is 1. The topological polar surface area (TPSA) is 62.4 Å². The van der Waals surface area contributed by atoms with Crippen molar-refractivity contribution in [2.45, 2.75) is 37.3 Å². The molecular weight excluding hydrogens is 294 g/mol. The van der Waals surface area contributed by atoms with Crippen LogP contribution in [0, 0.1) is 0 Å². The molecule has 2 aliphatic rings. The Bertz CT molecular complexity index is 514. The van der Waals surface area contributed by atoms with Crippen molar-refractivity contribution in [3.8, 4) is 0 Å². The summed E-state index contributed by atoms with van der Waals surface area (Å²) >= 11 is 6.12. The lowest BCUT2D eigenvalue weighted by Crippen LogP contribution is -2.33. The number of methoxy groups -OCH3 is 1. The third-order valence-electron chi connectivity index (χ3n) is 3.56. The fourth-order valence-corrected chi connectivity index (χ4v) is 4.05. The van der Waals surface area contributed by atoms with Crippen LogP contribution in [0.15, 0.2) is 0 Å². The molecule has 110 valence electrons. The van der Waals surface area contributed by atoms with Gasteiger partial charge in [-0.1, -0.05) is 0 Å². The second kappa shape index (κ2) is 5.93. The van der Waals surface area contributed by atoms with Gasteiger partial charge in [0.2, 0.25) is 0 Å². The SMILES string of the molecule is COC(=O)c1c(NC(S)NC2CC2)sc2c1CCNC2. The minimum atomic E-state index is -0.265. The van der Waals surface area contributed by atoms with Crippen LogP contribution in [0.1, 0.15) is 33.6 Å². The molecule has 20 heavy (non-hydrogen) atoms. The number of carbonyl (C=O) groups excluding carboxylic acids is 1. The smallest absolute Gasteiger partial charge is 0.341 e. The lowest BCUT2D eigenvalue weighted by Gasteiger charge is -2.16. The molecule has 1 aromatic rings. The van der Waals surface area contributed by atoms with E-state index < -0.39 is 0 Å². The van der Waals surface area contributed by atoms with Gasteiger partial charge in [-0.3, -0.25) is 5.32 Å². The Morgan fingerprint density at radius 2 is 2.35 bits per heavy atom. The van der Waals surface area contributed by atoms with Gasteiger partial charge in [0.25, 0.3) is 0 Å². The maximum absolute atomic E-state index is 12.1. The van der Waals surface area contributed by atoms with E-state index >= 15 is 0 Å². The summed E-state index contributed by atoms with van der Waals surface area (Å²) in [5.74, 6) is -0.265. The molecule has 1 aromatic heterocycles. The third kappa shape index (κ3) is 2.95. The highest BCUT2D eigenvalue weighted by atomic mass is 32.1. The molecule has 0 spiro atoms. The highest BCUT2D eigenvalue weighted by Crippen LogP contribution is 2.36. The quantitative estimate of drug-likeness (QED) is 0.377. The Morgan fingerprint density at radius 1 is 1.55 bits per heavy atom. The van der Waals surface area contributed by atoms with Gasteiger partial charge in [-0.2, -0.15) is 0 Å². The molecule has 1 fully saturated rings. The number of rotatable bonds is 5. The first kappa shape index (κ1) is 14.2. The first-order valence-electron chi connectivity index (χ1n) is 6.83. The van der Waals surface area contributed by atoms with Gasteiger partial charge in [0.05, 0.1) is 12.7 Å². The van der Waals surface area contributed by atoms with E-state index in [9.17, 15) is 4.79 Å². The lowest BCUT2D eigenvalue weighted by molar-refractivity contribution is 0.0601. The number of esters is 1. The second-order valence-electron chi connectivity index (χ2n) is 5.11. The molecule has 1 unspecified atom stereocenters. The Morgan fingerprint density at radius 3 is 3.05 bits per heavy atom. The summed E-state index contributed by atoms with van der Waals surface area (Å²) in [6, 6.07) is 0.558. The minimum absolute atomic E-state index is 0.140. The first-order valence-corrected chi connectivity index (χ1v) is 8.16.